The first-order chi connectivity index (χ1) is 11.2. The van der Waals surface area contributed by atoms with Gasteiger partial charge in [0.15, 0.2) is 0 Å². The normalized spacial score (nSPS) is 11.2. The zero-order valence-corrected chi connectivity index (χ0v) is 14.0. The van der Waals surface area contributed by atoms with E-state index in [-0.39, 0.29) is 0 Å². The van der Waals surface area contributed by atoms with Crippen molar-refractivity contribution in [2.24, 2.45) is 0 Å². The van der Waals surface area contributed by atoms with E-state index in [2.05, 4.69) is 42.5 Å². The summed E-state index contributed by atoms with van der Waals surface area (Å²) >= 11 is 3.42. The van der Waals surface area contributed by atoms with Crippen LogP contribution in [0.3, 0.4) is 0 Å². The Morgan fingerprint density at radius 1 is 1.09 bits per heavy atom. The van der Waals surface area contributed by atoms with Crippen LogP contribution in [-0.2, 0) is 6.54 Å². The molecule has 2 aromatic heterocycles. The molecule has 0 spiro atoms. The molecule has 2 heterocycles. The van der Waals surface area contributed by atoms with Gasteiger partial charge in [-0.1, -0.05) is 21.1 Å². The van der Waals surface area contributed by atoms with E-state index in [4.69, 9.17) is 4.52 Å². The molecule has 0 aliphatic carbocycles. The second kappa shape index (κ2) is 5.62. The lowest BCUT2D eigenvalue weighted by Crippen LogP contribution is -1.90. The topological polar surface area (TPSA) is 56.7 Å². The van der Waals surface area contributed by atoms with Crippen LogP contribution in [0, 0.1) is 0 Å². The molecule has 0 amide bonds. The van der Waals surface area contributed by atoms with Crippen molar-refractivity contribution >= 4 is 27.0 Å². The quantitative estimate of drug-likeness (QED) is 0.532. The van der Waals surface area contributed by atoms with Crippen LogP contribution in [0.1, 0.15) is 6.92 Å². The molecule has 0 fully saturated rings. The standard InChI is InChI=1S/C17H13BrN4O/c1-2-22-10-19-14-9-12(5-8-15(14)22)16-20-17(23-21-16)11-3-6-13(18)7-4-11/h3-10H,2H2,1H3. The Kier molecular flexibility index (Phi) is 3.46. The van der Waals surface area contributed by atoms with Gasteiger partial charge >= 0.3 is 0 Å². The summed E-state index contributed by atoms with van der Waals surface area (Å²) in [4.78, 5) is 8.91. The maximum Gasteiger partial charge on any atom is 0.258 e. The first kappa shape index (κ1) is 14.1. The van der Waals surface area contributed by atoms with Gasteiger partial charge in [0, 0.05) is 22.1 Å². The molecule has 0 aliphatic heterocycles. The summed E-state index contributed by atoms with van der Waals surface area (Å²) < 4.78 is 8.49. The number of benzene rings is 2. The lowest BCUT2D eigenvalue weighted by molar-refractivity contribution is 0.432. The maximum absolute atomic E-state index is 5.38. The van der Waals surface area contributed by atoms with Crippen LogP contribution in [0.4, 0.5) is 0 Å². The highest BCUT2D eigenvalue weighted by Gasteiger charge is 2.12. The highest BCUT2D eigenvalue weighted by atomic mass is 79.9. The van der Waals surface area contributed by atoms with Gasteiger partial charge in [0.1, 0.15) is 0 Å². The third-order valence-electron chi connectivity index (χ3n) is 3.74. The number of hydrogen-bond donors (Lipinski definition) is 0. The molecule has 0 saturated carbocycles. The molecule has 4 rings (SSSR count). The van der Waals surface area contributed by atoms with Crippen LogP contribution in [-0.4, -0.2) is 19.7 Å². The third-order valence-corrected chi connectivity index (χ3v) is 4.27. The summed E-state index contributed by atoms with van der Waals surface area (Å²) in [5.41, 5.74) is 3.82. The zero-order valence-electron chi connectivity index (χ0n) is 12.4. The summed E-state index contributed by atoms with van der Waals surface area (Å²) in [6, 6.07) is 13.8. The van der Waals surface area contributed by atoms with Gasteiger partial charge in [0.05, 0.1) is 17.4 Å². The SMILES string of the molecule is CCn1cnc2cc(-c3noc(-c4ccc(Br)cc4)n3)ccc21. The minimum Gasteiger partial charge on any atom is -0.334 e. The molecular weight excluding hydrogens is 356 g/mol. The average molecular weight is 369 g/mol. The summed E-state index contributed by atoms with van der Waals surface area (Å²) in [5, 5.41) is 4.09. The van der Waals surface area contributed by atoms with E-state index in [9.17, 15) is 0 Å². The second-order valence-corrected chi connectivity index (χ2v) is 6.08. The number of fused-ring (bicyclic) bond motifs is 1. The summed E-state index contributed by atoms with van der Waals surface area (Å²) in [5.74, 6) is 1.07. The van der Waals surface area contributed by atoms with Gasteiger partial charge in [-0.3, -0.25) is 0 Å². The molecule has 0 radical (unpaired) electrons. The van der Waals surface area contributed by atoms with Crippen molar-refractivity contribution in [3.63, 3.8) is 0 Å². The Labute approximate surface area is 141 Å². The van der Waals surface area contributed by atoms with E-state index < -0.39 is 0 Å². The Morgan fingerprint density at radius 2 is 1.87 bits per heavy atom. The van der Waals surface area contributed by atoms with Crippen molar-refractivity contribution in [1.82, 2.24) is 19.7 Å². The van der Waals surface area contributed by atoms with Crippen molar-refractivity contribution in [2.45, 2.75) is 13.5 Å². The lowest BCUT2D eigenvalue weighted by Gasteiger charge is -1.99. The largest absolute Gasteiger partial charge is 0.334 e. The zero-order chi connectivity index (χ0) is 15.8. The molecular formula is C17H13BrN4O. The Balaban J connectivity index is 1.72. The van der Waals surface area contributed by atoms with Crippen LogP contribution in [0.25, 0.3) is 33.9 Å². The molecule has 6 heteroatoms. The van der Waals surface area contributed by atoms with Crippen molar-refractivity contribution in [3.05, 3.63) is 53.3 Å². The molecule has 0 unspecified atom stereocenters. The smallest absolute Gasteiger partial charge is 0.258 e. The first-order valence-electron chi connectivity index (χ1n) is 7.29. The maximum atomic E-state index is 5.38. The van der Waals surface area contributed by atoms with E-state index >= 15 is 0 Å². The second-order valence-electron chi connectivity index (χ2n) is 5.16. The fourth-order valence-electron chi connectivity index (χ4n) is 2.51. The molecule has 0 bridgehead atoms. The molecule has 2 aromatic carbocycles. The van der Waals surface area contributed by atoms with E-state index in [1.54, 1.807) is 0 Å². The van der Waals surface area contributed by atoms with E-state index in [1.807, 2.05) is 48.8 Å². The van der Waals surface area contributed by atoms with Crippen LogP contribution in [0.15, 0.2) is 57.8 Å². The third kappa shape index (κ3) is 2.55. The van der Waals surface area contributed by atoms with Crippen molar-refractivity contribution in [1.29, 1.82) is 0 Å². The van der Waals surface area contributed by atoms with Crippen LogP contribution >= 0.6 is 15.9 Å². The number of rotatable bonds is 3. The minimum absolute atomic E-state index is 0.506. The van der Waals surface area contributed by atoms with Gasteiger partial charge < -0.3 is 9.09 Å². The number of aromatic nitrogens is 4. The number of imidazole rings is 1. The van der Waals surface area contributed by atoms with Crippen molar-refractivity contribution in [2.75, 3.05) is 0 Å². The fourth-order valence-corrected chi connectivity index (χ4v) is 2.77. The molecule has 23 heavy (non-hydrogen) atoms. The molecule has 4 aromatic rings. The molecule has 0 atom stereocenters. The first-order valence-corrected chi connectivity index (χ1v) is 8.09. The number of aryl methyl sites for hydroxylation is 1. The van der Waals surface area contributed by atoms with Gasteiger partial charge in [-0.15, -0.1) is 0 Å². The highest BCUT2D eigenvalue weighted by Crippen LogP contribution is 2.25. The molecule has 0 N–H and O–H groups in total. The number of nitrogens with zero attached hydrogens (tertiary/aromatic N) is 4. The Bertz CT molecular complexity index is 972. The lowest BCUT2D eigenvalue weighted by atomic mass is 10.2. The van der Waals surface area contributed by atoms with Gasteiger partial charge in [-0.2, -0.15) is 4.98 Å². The van der Waals surface area contributed by atoms with Crippen LogP contribution < -0.4 is 0 Å². The Hall–Kier alpha value is -2.47. The molecule has 0 saturated heterocycles. The van der Waals surface area contributed by atoms with Crippen molar-refractivity contribution in [3.8, 4) is 22.8 Å². The fraction of sp³-hybridized carbons (Fsp3) is 0.118. The summed E-state index contributed by atoms with van der Waals surface area (Å²) in [7, 11) is 0. The summed E-state index contributed by atoms with van der Waals surface area (Å²) in [6.07, 6.45) is 1.85. The highest BCUT2D eigenvalue weighted by molar-refractivity contribution is 9.10. The number of hydrogen-bond acceptors (Lipinski definition) is 4. The average Bonchev–Trinajstić information content (AvgIpc) is 3.21. The van der Waals surface area contributed by atoms with Crippen LogP contribution in [0.5, 0.6) is 0 Å². The number of halogens is 1. The summed E-state index contributed by atoms with van der Waals surface area (Å²) in [6.45, 7) is 2.99. The molecule has 5 nitrogen and oxygen atoms in total. The minimum atomic E-state index is 0.506. The van der Waals surface area contributed by atoms with Crippen molar-refractivity contribution < 1.29 is 4.52 Å². The Morgan fingerprint density at radius 3 is 2.65 bits per heavy atom. The van der Waals surface area contributed by atoms with E-state index in [1.165, 1.54) is 0 Å². The van der Waals surface area contributed by atoms with Gasteiger partial charge in [0.25, 0.3) is 5.89 Å². The van der Waals surface area contributed by atoms with Gasteiger partial charge in [0.2, 0.25) is 5.82 Å². The van der Waals surface area contributed by atoms with Gasteiger partial charge in [-0.05, 0) is 49.4 Å². The van der Waals surface area contributed by atoms with Gasteiger partial charge in [-0.25, -0.2) is 4.98 Å². The predicted molar refractivity (Wildman–Crippen MR) is 91.8 cm³/mol. The predicted octanol–water partition coefficient (Wildman–Crippen LogP) is 4.54. The van der Waals surface area contributed by atoms with E-state index in [0.29, 0.717) is 11.7 Å². The van der Waals surface area contributed by atoms with E-state index in [0.717, 1.165) is 33.2 Å². The monoisotopic (exact) mass is 368 g/mol. The molecule has 114 valence electrons. The molecule has 0 aliphatic rings. The van der Waals surface area contributed by atoms with Crippen LogP contribution in [0.2, 0.25) is 0 Å².